The van der Waals surface area contributed by atoms with Crippen LogP contribution in [0.2, 0.25) is 0 Å². The fraction of sp³-hybridized carbons (Fsp3) is 0.769. The third-order valence-corrected chi connectivity index (χ3v) is 3.95. The Balaban J connectivity index is 1.85. The van der Waals surface area contributed by atoms with Gasteiger partial charge < -0.3 is 5.32 Å². The van der Waals surface area contributed by atoms with Crippen LogP contribution in [0.1, 0.15) is 44.0 Å². The molecule has 17 heavy (non-hydrogen) atoms. The molecule has 1 fully saturated rings. The van der Waals surface area contributed by atoms with Crippen LogP contribution in [0.3, 0.4) is 0 Å². The Kier molecular flexibility index (Phi) is 4.46. The van der Waals surface area contributed by atoms with Crippen LogP contribution in [-0.2, 0) is 13.1 Å². The molecular weight excluding hydrogens is 234 g/mol. The monoisotopic (exact) mass is 255 g/mol. The molecule has 0 bridgehead atoms. The lowest BCUT2D eigenvalue weighted by atomic mass is 9.95. The summed E-state index contributed by atoms with van der Waals surface area (Å²) in [6, 6.07) is 2.80. The van der Waals surface area contributed by atoms with Crippen LogP contribution in [0.25, 0.3) is 0 Å². The average molecular weight is 256 g/mol. The zero-order valence-corrected chi connectivity index (χ0v) is 11.5. The number of hydrogen-bond acceptors (Lipinski definition) is 2. The van der Waals surface area contributed by atoms with Crippen molar-refractivity contribution in [2.24, 2.45) is 0 Å². The number of hydrogen-bond donors (Lipinski definition) is 1. The van der Waals surface area contributed by atoms with Gasteiger partial charge in [0.15, 0.2) is 0 Å². The number of rotatable bonds is 4. The van der Waals surface area contributed by atoms with Crippen molar-refractivity contribution in [3.63, 3.8) is 0 Å². The molecule has 1 aliphatic rings. The molecule has 1 aliphatic carbocycles. The zero-order valence-electron chi connectivity index (χ0n) is 10.7. The summed E-state index contributed by atoms with van der Waals surface area (Å²) < 4.78 is 2.08. The highest BCUT2D eigenvalue weighted by Gasteiger charge is 2.19. The van der Waals surface area contributed by atoms with Gasteiger partial charge >= 0.3 is 0 Å². The van der Waals surface area contributed by atoms with Crippen LogP contribution < -0.4 is 5.32 Å². The molecule has 1 heterocycles. The van der Waals surface area contributed by atoms with Gasteiger partial charge in [-0.25, -0.2) is 0 Å². The van der Waals surface area contributed by atoms with E-state index in [0.29, 0.717) is 11.4 Å². The molecule has 1 saturated carbocycles. The van der Waals surface area contributed by atoms with Gasteiger partial charge in [-0.2, -0.15) is 5.10 Å². The minimum atomic E-state index is 0.400. The summed E-state index contributed by atoms with van der Waals surface area (Å²) in [5.74, 6) is 0. The van der Waals surface area contributed by atoms with Crippen LogP contribution in [0, 0.1) is 6.92 Å². The second-order valence-electron chi connectivity index (χ2n) is 4.92. The van der Waals surface area contributed by atoms with Crippen molar-refractivity contribution >= 4 is 11.6 Å². The maximum atomic E-state index is 6.11. The Morgan fingerprint density at radius 2 is 2.12 bits per heavy atom. The van der Waals surface area contributed by atoms with Gasteiger partial charge in [-0.3, -0.25) is 4.68 Å². The summed E-state index contributed by atoms with van der Waals surface area (Å²) >= 11 is 6.11. The summed E-state index contributed by atoms with van der Waals surface area (Å²) in [4.78, 5) is 0. The van der Waals surface area contributed by atoms with E-state index in [1.807, 2.05) is 6.92 Å². The quantitative estimate of drug-likeness (QED) is 0.839. The molecule has 3 nitrogen and oxygen atoms in total. The van der Waals surface area contributed by atoms with Gasteiger partial charge in [0.25, 0.3) is 0 Å². The fourth-order valence-electron chi connectivity index (χ4n) is 2.52. The third kappa shape index (κ3) is 3.46. The standard InChI is InChI=1S/C13H22ClN3/c1-3-17-13(8-10(2)16-17)9-15-12-6-4-11(14)5-7-12/h8,11-12,15H,3-7,9H2,1-2H3. The van der Waals surface area contributed by atoms with Gasteiger partial charge in [0, 0.05) is 24.5 Å². The topological polar surface area (TPSA) is 29.9 Å². The average Bonchev–Trinajstić information content (AvgIpc) is 2.69. The fourth-order valence-corrected chi connectivity index (χ4v) is 2.77. The molecule has 1 aromatic rings. The second kappa shape index (κ2) is 5.87. The molecule has 1 N–H and O–H groups in total. The third-order valence-electron chi connectivity index (χ3n) is 3.51. The molecule has 0 saturated heterocycles. The van der Waals surface area contributed by atoms with Crippen LogP contribution >= 0.6 is 11.6 Å². The largest absolute Gasteiger partial charge is 0.308 e. The van der Waals surface area contributed by atoms with E-state index in [-0.39, 0.29) is 0 Å². The molecular formula is C13H22ClN3. The number of halogens is 1. The van der Waals surface area contributed by atoms with Crippen molar-refractivity contribution in [1.82, 2.24) is 15.1 Å². The highest BCUT2D eigenvalue weighted by atomic mass is 35.5. The van der Waals surface area contributed by atoms with Gasteiger partial charge in [0.1, 0.15) is 0 Å². The first-order valence-corrected chi connectivity index (χ1v) is 7.03. The van der Waals surface area contributed by atoms with E-state index >= 15 is 0 Å². The molecule has 4 heteroatoms. The summed E-state index contributed by atoms with van der Waals surface area (Å²) in [6.45, 7) is 6.05. The molecule has 96 valence electrons. The highest BCUT2D eigenvalue weighted by Crippen LogP contribution is 2.23. The lowest BCUT2D eigenvalue weighted by Gasteiger charge is -2.26. The van der Waals surface area contributed by atoms with Crippen LogP contribution in [0.15, 0.2) is 6.07 Å². The molecule has 0 aromatic carbocycles. The molecule has 0 spiro atoms. The van der Waals surface area contributed by atoms with E-state index < -0.39 is 0 Å². The van der Waals surface area contributed by atoms with Crippen molar-refractivity contribution in [1.29, 1.82) is 0 Å². The molecule has 0 aliphatic heterocycles. The van der Waals surface area contributed by atoms with E-state index in [1.165, 1.54) is 18.5 Å². The second-order valence-corrected chi connectivity index (χ2v) is 5.54. The van der Waals surface area contributed by atoms with Crippen LogP contribution in [0.5, 0.6) is 0 Å². The molecule has 1 aromatic heterocycles. The summed E-state index contributed by atoms with van der Waals surface area (Å²) in [5, 5.41) is 8.49. The molecule has 2 rings (SSSR count). The predicted molar refractivity (Wildman–Crippen MR) is 71.4 cm³/mol. The van der Waals surface area contributed by atoms with Crippen molar-refractivity contribution in [2.45, 2.75) is 64.0 Å². The summed E-state index contributed by atoms with van der Waals surface area (Å²) in [5.41, 5.74) is 2.39. The minimum Gasteiger partial charge on any atom is -0.308 e. The Bertz CT molecular complexity index is 354. The highest BCUT2D eigenvalue weighted by molar-refractivity contribution is 6.20. The molecule has 0 amide bonds. The normalized spacial score (nSPS) is 25.1. The Labute approximate surface area is 109 Å². The van der Waals surface area contributed by atoms with E-state index in [0.717, 1.165) is 31.6 Å². The van der Waals surface area contributed by atoms with Crippen molar-refractivity contribution in [2.75, 3.05) is 0 Å². The lowest BCUT2D eigenvalue weighted by molar-refractivity contribution is 0.371. The molecule has 0 atom stereocenters. The number of aryl methyl sites for hydroxylation is 2. The first-order valence-electron chi connectivity index (χ1n) is 6.59. The van der Waals surface area contributed by atoms with E-state index in [4.69, 9.17) is 11.6 Å². The lowest BCUT2D eigenvalue weighted by Crippen LogP contribution is -2.33. The van der Waals surface area contributed by atoms with Gasteiger partial charge in [-0.1, -0.05) is 0 Å². The minimum absolute atomic E-state index is 0.400. The zero-order chi connectivity index (χ0) is 12.3. The Morgan fingerprint density at radius 3 is 2.76 bits per heavy atom. The van der Waals surface area contributed by atoms with Crippen molar-refractivity contribution in [3.8, 4) is 0 Å². The molecule has 0 unspecified atom stereocenters. The number of nitrogens with one attached hydrogen (secondary N) is 1. The van der Waals surface area contributed by atoms with E-state index in [9.17, 15) is 0 Å². The first-order chi connectivity index (χ1) is 8.19. The van der Waals surface area contributed by atoms with Gasteiger partial charge in [0.2, 0.25) is 0 Å². The van der Waals surface area contributed by atoms with Crippen LogP contribution in [0.4, 0.5) is 0 Å². The van der Waals surface area contributed by atoms with E-state index in [1.54, 1.807) is 0 Å². The van der Waals surface area contributed by atoms with Crippen LogP contribution in [-0.4, -0.2) is 21.2 Å². The summed E-state index contributed by atoms with van der Waals surface area (Å²) in [7, 11) is 0. The maximum absolute atomic E-state index is 6.11. The Hall–Kier alpha value is -0.540. The summed E-state index contributed by atoms with van der Waals surface area (Å²) in [6.07, 6.45) is 4.69. The predicted octanol–water partition coefficient (Wildman–Crippen LogP) is 2.85. The number of aromatic nitrogens is 2. The number of nitrogens with zero attached hydrogens (tertiary/aromatic N) is 2. The van der Waals surface area contributed by atoms with Gasteiger partial charge in [0.05, 0.1) is 11.4 Å². The Morgan fingerprint density at radius 1 is 1.41 bits per heavy atom. The maximum Gasteiger partial charge on any atom is 0.0597 e. The van der Waals surface area contributed by atoms with E-state index in [2.05, 4.69) is 28.1 Å². The van der Waals surface area contributed by atoms with Crippen molar-refractivity contribution < 1.29 is 0 Å². The first kappa shape index (κ1) is 12.9. The van der Waals surface area contributed by atoms with Gasteiger partial charge in [-0.15, -0.1) is 11.6 Å². The molecule has 0 radical (unpaired) electrons. The van der Waals surface area contributed by atoms with Crippen molar-refractivity contribution in [3.05, 3.63) is 17.5 Å². The van der Waals surface area contributed by atoms with Gasteiger partial charge in [-0.05, 0) is 45.6 Å². The smallest absolute Gasteiger partial charge is 0.0597 e. The SMILES string of the molecule is CCn1nc(C)cc1CNC1CCC(Cl)CC1. The number of alkyl halides is 1.